The minimum Gasteiger partial charge on any atom is -0.347 e. The first-order valence-corrected chi connectivity index (χ1v) is 10.6. The Hall–Kier alpha value is -2.44. The molecular formula is C22H18ClFN2O2S. The van der Waals surface area contributed by atoms with Crippen LogP contribution < -0.4 is 5.32 Å². The van der Waals surface area contributed by atoms with Crippen LogP contribution in [0.25, 0.3) is 21.2 Å². The van der Waals surface area contributed by atoms with E-state index >= 15 is 0 Å². The zero-order valence-electron chi connectivity index (χ0n) is 15.7. The first kappa shape index (κ1) is 18.6. The van der Waals surface area contributed by atoms with Crippen LogP contribution >= 0.6 is 22.9 Å². The van der Waals surface area contributed by atoms with Gasteiger partial charge in [-0.25, -0.2) is 4.39 Å². The van der Waals surface area contributed by atoms with Crippen LogP contribution in [0.2, 0.25) is 5.02 Å². The lowest BCUT2D eigenvalue weighted by Crippen LogP contribution is -2.68. The molecule has 2 amide bonds. The Bertz CT molecular complexity index is 1180. The van der Waals surface area contributed by atoms with Gasteiger partial charge in [0.05, 0.1) is 10.6 Å². The molecular weight excluding hydrogens is 411 g/mol. The molecule has 0 unspecified atom stereocenters. The molecule has 0 saturated carbocycles. The molecule has 4 nitrogen and oxygen atoms in total. The van der Waals surface area contributed by atoms with Crippen LogP contribution in [0.15, 0.2) is 36.4 Å². The molecule has 3 aromatic rings. The lowest BCUT2D eigenvalue weighted by Gasteiger charge is -2.47. The Kier molecular flexibility index (Phi) is 4.19. The number of nitrogens with one attached hydrogen (secondary N) is 1. The first-order valence-electron chi connectivity index (χ1n) is 9.44. The Morgan fingerprint density at radius 1 is 1.24 bits per heavy atom. The summed E-state index contributed by atoms with van der Waals surface area (Å²) in [6.07, 6.45) is 1.28. The molecule has 2 aliphatic heterocycles. The molecule has 148 valence electrons. The van der Waals surface area contributed by atoms with Crippen LogP contribution in [0.5, 0.6) is 0 Å². The van der Waals surface area contributed by atoms with E-state index in [4.69, 9.17) is 11.6 Å². The lowest BCUT2D eigenvalue weighted by atomic mass is 9.88. The average Bonchev–Trinajstić information content (AvgIpc) is 3.22. The third-order valence-electron chi connectivity index (χ3n) is 5.77. The van der Waals surface area contributed by atoms with Crippen molar-refractivity contribution < 1.29 is 14.0 Å². The average molecular weight is 429 g/mol. The number of amides is 2. The van der Waals surface area contributed by atoms with E-state index in [-0.39, 0.29) is 23.2 Å². The van der Waals surface area contributed by atoms with Crippen molar-refractivity contribution in [3.63, 3.8) is 0 Å². The van der Waals surface area contributed by atoms with E-state index in [9.17, 15) is 14.0 Å². The lowest BCUT2D eigenvalue weighted by molar-refractivity contribution is -0.120. The summed E-state index contributed by atoms with van der Waals surface area (Å²) in [4.78, 5) is 26.7. The molecule has 1 spiro atoms. The molecule has 0 radical (unpaired) electrons. The summed E-state index contributed by atoms with van der Waals surface area (Å²) in [5, 5.41) is 4.21. The molecule has 0 atom stereocenters. The highest BCUT2D eigenvalue weighted by molar-refractivity contribution is 7.21. The van der Waals surface area contributed by atoms with Crippen molar-refractivity contribution in [3.05, 3.63) is 57.7 Å². The van der Waals surface area contributed by atoms with Gasteiger partial charge in [0.1, 0.15) is 10.7 Å². The van der Waals surface area contributed by atoms with E-state index in [0.29, 0.717) is 35.0 Å². The van der Waals surface area contributed by atoms with Gasteiger partial charge in [0.15, 0.2) is 0 Å². The van der Waals surface area contributed by atoms with Crippen LogP contribution in [-0.2, 0) is 4.79 Å². The Labute approximate surface area is 176 Å². The third kappa shape index (κ3) is 3.02. The number of hydrogen-bond acceptors (Lipinski definition) is 3. The second-order valence-corrected chi connectivity index (χ2v) is 9.36. The van der Waals surface area contributed by atoms with Crippen molar-refractivity contribution in [3.8, 4) is 11.1 Å². The zero-order valence-corrected chi connectivity index (χ0v) is 17.3. The van der Waals surface area contributed by atoms with Gasteiger partial charge in [0.2, 0.25) is 5.91 Å². The van der Waals surface area contributed by atoms with Crippen molar-refractivity contribution in [2.75, 3.05) is 13.1 Å². The predicted molar refractivity (Wildman–Crippen MR) is 113 cm³/mol. The maximum Gasteiger partial charge on any atom is 0.265 e. The van der Waals surface area contributed by atoms with Gasteiger partial charge >= 0.3 is 0 Å². The normalized spacial score (nSPS) is 17.6. The minimum absolute atomic E-state index is 0.0490. The minimum atomic E-state index is -0.279. The Morgan fingerprint density at radius 2 is 2.03 bits per heavy atom. The molecule has 1 N–H and O–H groups in total. The molecule has 2 saturated heterocycles. The second kappa shape index (κ2) is 6.54. The van der Waals surface area contributed by atoms with Crippen LogP contribution in [0.4, 0.5) is 4.39 Å². The van der Waals surface area contributed by atoms with Crippen molar-refractivity contribution in [1.82, 2.24) is 10.2 Å². The number of benzene rings is 2. The number of carbonyl (C=O) groups is 2. The highest BCUT2D eigenvalue weighted by Gasteiger charge is 2.49. The van der Waals surface area contributed by atoms with Crippen molar-refractivity contribution in [2.24, 2.45) is 0 Å². The summed E-state index contributed by atoms with van der Waals surface area (Å²) >= 11 is 7.85. The monoisotopic (exact) mass is 428 g/mol. The smallest absolute Gasteiger partial charge is 0.265 e. The van der Waals surface area contributed by atoms with E-state index in [2.05, 4.69) is 5.32 Å². The van der Waals surface area contributed by atoms with E-state index in [1.54, 1.807) is 11.0 Å². The molecule has 0 aliphatic carbocycles. The Morgan fingerprint density at radius 3 is 2.76 bits per heavy atom. The fourth-order valence-electron chi connectivity index (χ4n) is 4.21. The summed E-state index contributed by atoms with van der Waals surface area (Å²) in [5.74, 6) is -0.349. The fourth-order valence-corrected chi connectivity index (χ4v) is 5.73. The predicted octanol–water partition coefficient (Wildman–Crippen LogP) is 4.77. The maximum atomic E-state index is 14.3. The largest absolute Gasteiger partial charge is 0.347 e. The summed E-state index contributed by atoms with van der Waals surface area (Å²) < 4.78 is 15.1. The number of hydrogen-bond donors (Lipinski definition) is 1. The number of nitrogens with zero attached hydrogens (tertiary/aromatic N) is 1. The molecule has 2 fully saturated rings. The summed E-state index contributed by atoms with van der Waals surface area (Å²) in [7, 11) is 0. The van der Waals surface area contributed by atoms with Crippen LogP contribution in [0.1, 0.15) is 28.1 Å². The first-order chi connectivity index (χ1) is 13.8. The number of fused-ring (bicyclic) bond motifs is 1. The van der Waals surface area contributed by atoms with Crippen LogP contribution in [0.3, 0.4) is 0 Å². The quantitative estimate of drug-likeness (QED) is 0.639. The van der Waals surface area contributed by atoms with Crippen LogP contribution in [0, 0.1) is 12.7 Å². The van der Waals surface area contributed by atoms with Gasteiger partial charge in [0, 0.05) is 35.2 Å². The number of halogens is 2. The van der Waals surface area contributed by atoms with Crippen molar-refractivity contribution in [2.45, 2.75) is 25.3 Å². The molecule has 1 aromatic heterocycles. The van der Waals surface area contributed by atoms with Gasteiger partial charge in [-0.1, -0.05) is 35.4 Å². The second-order valence-electron chi connectivity index (χ2n) is 7.93. The SMILES string of the molecule is Cc1ccc(F)c(-c2ccc3c(Cl)c(C(=O)N4CC5(CCC(=O)N5)C4)sc3c2)c1. The molecule has 7 heteroatoms. The van der Waals surface area contributed by atoms with E-state index < -0.39 is 0 Å². The van der Waals surface area contributed by atoms with Gasteiger partial charge in [-0.3, -0.25) is 9.59 Å². The van der Waals surface area contributed by atoms with Gasteiger partial charge in [-0.2, -0.15) is 0 Å². The third-order valence-corrected chi connectivity index (χ3v) is 7.41. The topological polar surface area (TPSA) is 49.4 Å². The van der Waals surface area contributed by atoms with E-state index in [1.165, 1.54) is 17.4 Å². The van der Waals surface area contributed by atoms with Gasteiger partial charge in [-0.15, -0.1) is 11.3 Å². The maximum absolute atomic E-state index is 14.3. The van der Waals surface area contributed by atoms with E-state index in [1.807, 2.05) is 31.2 Å². The van der Waals surface area contributed by atoms with Crippen molar-refractivity contribution in [1.29, 1.82) is 0 Å². The van der Waals surface area contributed by atoms with Gasteiger partial charge in [0.25, 0.3) is 5.91 Å². The number of aryl methyl sites for hydroxylation is 1. The summed E-state index contributed by atoms with van der Waals surface area (Å²) in [6, 6.07) is 10.6. The summed E-state index contributed by atoms with van der Waals surface area (Å²) in [5.41, 5.74) is 2.01. The highest BCUT2D eigenvalue weighted by Crippen LogP contribution is 2.40. The molecule has 3 heterocycles. The zero-order chi connectivity index (χ0) is 20.3. The van der Waals surface area contributed by atoms with Crippen LogP contribution in [-0.4, -0.2) is 35.3 Å². The fraction of sp³-hybridized carbons (Fsp3) is 0.273. The number of thiophene rings is 1. The van der Waals surface area contributed by atoms with E-state index in [0.717, 1.165) is 27.6 Å². The molecule has 2 aliphatic rings. The highest BCUT2D eigenvalue weighted by atomic mass is 35.5. The van der Waals surface area contributed by atoms with Gasteiger partial charge < -0.3 is 10.2 Å². The Balaban J connectivity index is 1.45. The molecule has 2 aromatic carbocycles. The standard InChI is InChI=1S/C22H18ClFN2O2S/c1-12-2-5-16(24)15(8-12)13-3-4-14-17(9-13)29-20(19(14)23)21(28)26-10-22(11-26)7-6-18(27)25-22/h2-5,8-9H,6-7,10-11H2,1H3,(H,25,27). The number of likely N-dealkylation sites (tertiary alicyclic amines) is 1. The summed E-state index contributed by atoms with van der Waals surface area (Å²) in [6.45, 7) is 2.96. The molecule has 5 rings (SSSR count). The number of carbonyl (C=O) groups excluding carboxylic acids is 2. The molecule has 29 heavy (non-hydrogen) atoms. The van der Waals surface area contributed by atoms with Gasteiger partial charge in [-0.05, 0) is 37.1 Å². The molecule has 0 bridgehead atoms. The van der Waals surface area contributed by atoms with Crippen molar-refractivity contribution >= 4 is 44.8 Å². The number of rotatable bonds is 2.